The van der Waals surface area contributed by atoms with E-state index in [0.29, 0.717) is 6.42 Å². The highest BCUT2D eigenvalue weighted by atomic mass is 16.2. The van der Waals surface area contributed by atoms with Crippen molar-refractivity contribution in [3.05, 3.63) is 65.2 Å². The number of benzene rings is 2. The largest absolute Gasteiger partial charge is 0.336 e. The fourth-order valence-corrected chi connectivity index (χ4v) is 2.70. The number of nitrogens with zero attached hydrogens (tertiary/aromatic N) is 1. The van der Waals surface area contributed by atoms with Crippen molar-refractivity contribution >= 4 is 17.5 Å². The van der Waals surface area contributed by atoms with Gasteiger partial charge >= 0.3 is 0 Å². The lowest BCUT2D eigenvalue weighted by molar-refractivity contribution is -0.133. The van der Waals surface area contributed by atoms with Gasteiger partial charge < -0.3 is 10.2 Å². The lowest BCUT2D eigenvalue weighted by Crippen LogP contribution is -2.35. The number of anilines is 1. The van der Waals surface area contributed by atoms with Crippen molar-refractivity contribution in [2.45, 2.75) is 33.1 Å². The summed E-state index contributed by atoms with van der Waals surface area (Å²) in [5.41, 5.74) is 4.09. The third-order valence-electron chi connectivity index (χ3n) is 4.53. The van der Waals surface area contributed by atoms with Gasteiger partial charge in [-0.05, 0) is 42.5 Å². The molecule has 0 spiro atoms. The maximum atomic E-state index is 12.4. The molecule has 25 heavy (non-hydrogen) atoms. The van der Waals surface area contributed by atoms with Crippen LogP contribution in [-0.2, 0) is 9.59 Å². The van der Waals surface area contributed by atoms with Gasteiger partial charge in [-0.2, -0.15) is 0 Å². The van der Waals surface area contributed by atoms with Crippen LogP contribution in [0, 0.1) is 13.8 Å². The summed E-state index contributed by atoms with van der Waals surface area (Å²) in [4.78, 5) is 26.1. The number of likely N-dealkylation sites (N-methyl/N-ethyl adjacent to an activating group) is 1. The van der Waals surface area contributed by atoms with Gasteiger partial charge in [-0.15, -0.1) is 0 Å². The second-order valence-electron chi connectivity index (χ2n) is 6.56. The second kappa shape index (κ2) is 8.47. The molecule has 0 aliphatic carbocycles. The monoisotopic (exact) mass is 338 g/mol. The topological polar surface area (TPSA) is 49.4 Å². The van der Waals surface area contributed by atoms with Gasteiger partial charge in [0.2, 0.25) is 11.8 Å². The van der Waals surface area contributed by atoms with Crippen LogP contribution in [0.15, 0.2) is 48.5 Å². The molecule has 0 saturated carbocycles. The van der Waals surface area contributed by atoms with E-state index in [1.807, 2.05) is 69.3 Å². The molecule has 0 heterocycles. The first kappa shape index (κ1) is 18.7. The van der Waals surface area contributed by atoms with Crippen LogP contribution < -0.4 is 5.32 Å². The summed E-state index contributed by atoms with van der Waals surface area (Å²) in [6.07, 6.45) is 0.386. The highest BCUT2D eigenvalue weighted by molar-refractivity contribution is 5.95. The molecule has 2 rings (SSSR count). The van der Waals surface area contributed by atoms with Crippen LogP contribution >= 0.6 is 0 Å². The van der Waals surface area contributed by atoms with Gasteiger partial charge in [0.05, 0.1) is 6.54 Å². The summed E-state index contributed by atoms with van der Waals surface area (Å²) >= 11 is 0. The predicted octanol–water partition coefficient (Wildman–Crippen LogP) is 3.89. The van der Waals surface area contributed by atoms with Gasteiger partial charge in [-0.3, -0.25) is 9.59 Å². The molecule has 0 aromatic heterocycles. The maximum Gasteiger partial charge on any atom is 0.243 e. The minimum atomic E-state index is -0.183. The Morgan fingerprint density at radius 2 is 1.72 bits per heavy atom. The van der Waals surface area contributed by atoms with Gasteiger partial charge in [-0.25, -0.2) is 0 Å². The third kappa shape index (κ3) is 5.18. The SMILES string of the molecule is Cc1cccc(NC(=O)CN(C)C(=O)C[C@@H](C)c2ccccc2)c1C. The Balaban J connectivity index is 1.90. The number of carbonyl (C=O) groups is 2. The minimum absolute atomic E-state index is 0.0348. The van der Waals surface area contributed by atoms with Crippen LogP contribution in [0.1, 0.15) is 36.0 Å². The maximum absolute atomic E-state index is 12.4. The summed E-state index contributed by atoms with van der Waals surface area (Å²) in [7, 11) is 1.67. The van der Waals surface area contributed by atoms with Crippen LogP contribution in [0.5, 0.6) is 0 Å². The lowest BCUT2D eigenvalue weighted by Gasteiger charge is -2.20. The zero-order valence-electron chi connectivity index (χ0n) is 15.4. The lowest BCUT2D eigenvalue weighted by atomic mass is 9.97. The molecule has 0 aliphatic rings. The molecule has 0 saturated heterocycles. The Morgan fingerprint density at radius 1 is 1.04 bits per heavy atom. The van der Waals surface area contributed by atoms with E-state index in [-0.39, 0.29) is 24.3 Å². The number of hydrogen-bond acceptors (Lipinski definition) is 2. The molecular weight excluding hydrogens is 312 g/mol. The average Bonchev–Trinajstić information content (AvgIpc) is 2.59. The molecule has 132 valence electrons. The molecule has 0 fully saturated rings. The molecule has 0 aliphatic heterocycles. The van der Waals surface area contributed by atoms with Crippen molar-refractivity contribution in [2.24, 2.45) is 0 Å². The predicted molar refractivity (Wildman–Crippen MR) is 102 cm³/mol. The summed E-state index contributed by atoms with van der Waals surface area (Å²) < 4.78 is 0. The molecule has 4 heteroatoms. The van der Waals surface area contributed by atoms with Crippen LogP contribution in [0.2, 0.25) is 0 Å². The van der Waals surface area contributed by atoms with E-state index in [1.165, 1.54) is 4.90 Å². The average molecular weight is 338 g/mol. The molecular formula is C21H26N2O2. The molecule has 2 aromatic rings. The Morgan fingerprint density at radius 3 is 2.40 bits per heavy atom. The Bertz CT molecular complexity index is 741. The molecule has 0 radical (unpaired) electrons. The van der Waals surface area contributed by atoms with Crippen LogP contribution in [0.25, 0.3) is 0 Å². The highest BCUT2D eigenvalue weighted by Crippen LogP contribution is 2.20. The van der Waals surface area contributed by atoms with Gasteiger partial charge in [0.15, 0.2) is 0 Å². The second-order valence-corrected chi connectivity index (χ2v) is 6.56. The number of carbonyl (C=O) groups excluding carboxylic acids is 2. The van der Waals surface area contributed by atoms with Crippen LogP contribution in [0.4, 0.5) is 5.69 Å². The number of nitrogens with one attached hydrogen (secondary N) is 1. The summed E-state index contributed by atoms with van der Waals surface area (Å²) in [6, 6.07) is 15.7. The number of amides is 2. The molecule has 1 N–H and O–H groups in total. The molecule has 0 unspecified atom stereocenters. The van der Waals surface area contributed by atoms with Crippen molar-refractivity contribution in [3.8, 4) is 0 Å². The molecule has 2 amide bonds. The van der Waals surface area contributed by atoms with Crippen molar-refractivity contribution in [3.63, 3.8) is 0 Å². The first-order valence-electron chi connectivity index (χ1n) is 8.53. The zero-order chi connectivity index (χ0) is 18.4. The summed E-state index contributed by atoms with van der Waals surface area (Å²) in [5, 5.41) is 2.89. The molecule has 2 aromatic carbocycles. The number of hydrogen-bond donors (Lipinski definition) is 1. The van der Waals surface area contributed by atoms with E-state index in [0.717, 1.165) is 22.4 Å². The van der Waals surface area contributed by atoms with Crippen LogP contribution in [-0.4, -0.2) is 30.3 Å². The van der Waals surface area contributed by atoms with Crippen molar-refractivity contribution in [1.29, 1.82) is 0 Å². The van der Waals surface area contributed by atoms with E-state index in [1.54, 1.807) is 7.05 Å². The van der Waals surface area contributed by atoms with E-state index in [9.17, 15) is 9.59 Å². The van der Waals surface area contributed by atoms with Crippen molar-refractivity contribution in [2.75, 3.05) is 18.9 Å². The fourth-order valence-electron chi connectivity index (χ4n) is 2.70. The summed E-state index contributed by atoms with van der Waals surface area (Å²) in [6.45, 7) is 6.05. The first-order valence-corrected chi connectivity index (χ1v) is 8.53. The number of aryl methyl sites for hydroxylation is 1. The minimum Gasteiger partial charge on any atom is -0.336 e. The normalized spacial score (nSPS) is 11.7. The Labute approximate surface area is 149 Å². The molecule has 0 bridgehead atoms. The van der Waals surface area contributed by atoms with Gasteiger partial charge in [0, 0.05) is 19.2 Å². The third-order valence-corrected chi connectivity index (χ3v) is 4.53. The summed E-state index contributed by atoms with van der Waals surface area (Å²) in [5.74, 6) is -0.0948. The van der Waals surface area contributed by atoms with Gasteiger partial charge in [0.25, 0.3) is 0 Å². The first-order chi connectivity index (χ1) is 11.9. The Kier molecular flexibility index (Phi) is 6.34. The fraction of sp³-hybridized carbons (Fsp3) is 0.333. The Hall–Kier alpha value is -2.62. The quantitative estimate of drug-likeness (QED) is 0.868. The zero-order valence-corrected chi connectivity index (χ0v) is 15.4. The van der Waals surface area contributed by atoms with Gasteiger partial charge in [-0.1, -0.05) is 49.4 Å². The van der Waals surface area contributed by atoms with Crippen molar-refractivity contribution in [1.82, 2.24) is 4.90 Å². The molecule has 4 nitrogen and oxygen atoms in total. The molecule has 1 atom stereocenters. The van der Waals surface area contributed by atoms with Crippen LogP contribution in [0.3, 0.4) is 0 Å². The van der Waals surface area contributed by atoms with Crippen molar-refractivity contribution < 1.29 is 9.59 Å². The standard InChI is InChI=1S/C21H26N2O2/c1-15-9-8-12-19(17(15)3)22-20(24)14-23(4)21(25)13-16(2)18-10-6-5-7-11-18/h5-12,16H,13-14H2,1-4H3,(H,22,24)/t16-/m1/s1. The highest BCUT2D eigenvalue weighted by Gasteiger charge is 2.17. The van der Waals surface area contributed by atoms with E-state index < -0.39 is 0 Å². The van der Waals surface area contributed by atoms with E-state index in [4.69, 9.17) is 0 Å². The number of rotatable bonds is 6. The smallest absolute Gasteiger partial charge is 0.243 e. The van der Waals surface area contributed by atoms with Gasteiger partial charge in [0.1, 0.15) is 0 Å². The van der Waals surface area contributed by atoms with E-state index >= 15 is 0 Å². The van der Waals surface area contributed by atoms with E-state index in [2.05, 4.69) is 5.32 Å².